The number of hydrogen-bond acceptors (Lipinski definition) is 7. The molecule has 26 heavy (non-hydrogen) atoms. The number of fused-ring (bicyclic) bond motifs is 1. The molecule has 138 valence electrons. The number of thioether (sulfide) groups is 2. The van der Waals surface area contributed by atoms with Crippen molar-refractivity contribution in [2.24, 2.45) is 0 Å². The topological polar surface area (TPSA) is 75.2 Å². The van der Waals surface area contributed by atoms with Crippen LogP contribution in [-0.4, -0.2) is 39.6 Å². The summed E-state index contributed by atoms with van der Waals surface area (Å²) in [5.41, 5.74) is 1.42. The van der Waals surface area contributed by atoms with Crippen LogP contribution in [0.4, 0.5) is 11.4 Å². The van der Waals surface area contributed by atoms with Crippen LogP contribution in [0.5, 0.6) is 0 Å². The van der Waals surface area contributed by atoms with Crippen LogP contribution in [0.1, 0.15) is 26.7 Å². The monoisotopic (exact) mass is 408 g/mol. The lowest BCUT2D eigenvalue weighted by Gasteiger charge is -2.27. The van der Waals surface area contributed by atoms with Gasteiger partial charge in [0.25, 0.3) is 0 Å². The van der Waals surface area contributed by atoms with Crippen LogP contribution in [0.15, 0.2) is 32.9 Å². The average molecular weight is 409 g/mol. The number of carbonyl (C=O) groups excluding carboxylic acids is 2. The second-order valence-electron chi connectivity index (χ2n) is 5.85. The van der Waals surface area contributed by atoms with E-state index in [4.69, 9.17) is 0 Å². The lowest BCUT2D eigenvalue weighted by atomic mass is 10.2. The zero-order valence-corrected chi connectivity index (χ0v) is 17.0. The molecule has 0 saturated carbocycles. The summed E-state index contributed by atoms with van der Waals surface area (Å²) in [6.45, 7) is 4.02. The highest BCUT2D eigenvalue weighted by molar-refractivity contribution is 8.03. The SMILES string of the molecule is CCCSc1nnc(SCC(=O)N2c3ccccc3NC(=O)C[C@@H]2C)s1. The maximum absolute atomic E-state index is 12.9. The highest BCUT2D eigenvalue weighted by Crippen LogP contribution is 2.33. The maximum Gasteiger partial charge on any atom is 0.237 e. The highest BCUT2D eigenvalue weighted by atomic mass is 32.2. The van der Waals surface area contributed by atoms with E-state index in [0.717, 1.165) is 26.5 Å². The highest BCUT2D eigenvalue weighted by Gasteiger charge is 2.29. The first kappa shape index (κ1) is 19.2. The van der Waals surface area contributed by atoms with E-state index in [-0.39, 0.29) is 30.0 Å². The number of para-hydroxylation sites is 2. The van der Waals surface area contributed by atoms with E-state index in [1.807, 2.05) is 31.2 Å². The van der Waals surface area contributed by atoms with Crippen LogP contribution in [-0.2, 0) is 9.59 Å². The molecule has 3 rings (SSSR count). The van der Waals surface area contributed by atoms with Crippen LogP contribution in [0.3, 0.4) is 0 Å². The van der Waals surface area contributed by atoms with Crippen molar-refractivity contribution in [2.45, 2.75) is 41.4 Å². The van der Waals surface area contributed by atoms with Gasteiger partial charge >= 0.3 is 0 Å². The van der Waals surface area contributed by atoms with Gasteiger partial charge in [0, 0.05) is 18.2 Å². The second kappa shape index (κ2) is 8.88. The summed E-state index contributed by atoms with van der Waals surface area (Å²) in [6, 6.07) is 7.21. The molecule has 2 amide bonds. The van der Waals surface area contributed by atoms with Crippen molar-refractivity contribution < 1.29 is 9.59 Å². The molecule has 1 aromatic heterocycles. The van der Waals surface area contributed by atoms with Crippen molar-refractivity contribution in [3.8, 4) is 0 Å². The molecular formula is C17H20N4O2S3. The molecule has 0 aliphatic carbocycles. The van der Waals surface area contributed by atoms with E-state index in [1.54, 1.807) is 16.7 Å². The normalized spacial score (nSPS) is 16.8. The third-order valence-electron chi connectivity index (χ3n) is 3.76. The number of aromatic nitrogens is 2. The van der Waals surface area contributed by atoms with Crippen molar-refractivity contribution in [2.75, 3.05) is 21.7 Å². The van der Waals surface area contributed by atoms with E-state index in [0.29, 0.717) is 5.69 Å². The number of rotatable bonds is 6. The van der Waals surface area contributed by atoms with Gasteiger partial charge in [-0.15, -0.1) is 10.2 Å². The van der Waals surface area contributed by atoms with Gasteiger partial charge < -0.3 is 10.2 Å². The first-order chi connectivity index (χ1) is 12.6. The fourth-order valence-electron chi connectivity index (χ4n) is 2.66. The quantitative estimate of drug-likeness (QED) is 0.731. The van der Waals surface area contributed by atoms with Gasteiger partial charge in [-0.25, -0.2) is 0 Å². The Kier molecular flexibility index (Phi) is 6.55. The standard InChI is InChI=1S/C17H20N4O2S3/c1-3-8-24-16-19-20-17(26-16)25-10-15(23)21-11(2)9-14(22)18-12-6-4-5-7-13(12)21/h4-7,11H,3,8-10H2,1-2H3,(H,18,22)/t11-/m0/s1. The molecular weight excluding hydrogens is 388 g/mol. The lowest BCUT2D eigenvalue weighted by Crippen LogP contribution is -2.40. The fraction of sp³-hybridized carbons (Fsp3) is 0.412. The van der Waals surface area contributed by atoms with Crippen molar-refractivity contribution in [1.29, 1.82) is 0 Å². The summed E-state index contributed by atoms with van der Waals surface area (Å²) in [7, 11) is 0. The first-order valence-electron chi connectivity index (χ1n) is 8.38. The van der Waals surface area contributed by atoms with Gasteiger partial charge in [0.05, 0.1) is 17.1 Å². The Hall–Kier alpha value is -1.58. The van der Waals surface area contributed by atoms with Crippen molar-refractivity contribution in [3.63, 3.8) is 0 Å². The van der Waals surface area contributed by atoms with Gasteiger partial charge in [-0.2, -0.15) is 0 Å². The number of carbonyl (C=O) groups is 2. The molecule has 9 heteroatoms. The molecule has 0 saturated heterocycles. The van der Waals surface area contributed by atoms with E-state index in [1.165, 1.54) is 23.1 Å². The first-order valence-corrected chi connectivity index (χ1v) is 11.2. The fourth-order valence-corrected chi connectivity index (χ4v) is 5.47. The summed E-state index contributed by atoms with van der Waals surface area (Å²) in [4.78, 5) is 26.6. The Labute approximate surface area is 165 Å². The second-order valence-corrected chi connectivity index (χ2v) is 9.40. The molecule has 6 nitrogen and oxygen atoms in total. The number of benzene rings is 1. The van der Waals surface area contributed by atoms with Crippen molar-refractivity contribution in [1.82, 2.24) is 10.2 Å². The summed E-state index contributed by atoms with van der Waals surface area (Å²) >= 11 is 4.60. The Morgan fingerprint density at radius 2 is 2.04 bits per heavy atom. The van der Waals surface area contributed by atoms with E-state index >= 15 is 0 Å². The lowest BCUT2D eigenvalue weighted by molar-refractivity contribution is -0.117. The minimum Gasteiger partial charge on any atom is -0.324 e. The Bertz CT molecular complexity index is 796. The van der Waals surface area contributed by atoms with Gasteiger partial charge in [0.1, 0.15) is 0 Å². The maximum atomic E-state index is 12.9. The summed E-state index contributed by atoms with van der Waals surface area (Å²) in [5.74, 6) is 1.17. The summed E-state index contributed by atoms with van der Waals surface area (Å²) < 4.78 is 1.73. The zero-order valence-electron chi connectivity index (χ0n) is 14.6. The molecule has 0 spiro atoms. The molecule has 1 atom stereocenters. The van der Waals surface area contributed by atoms with Crippen LogP contribution in [0.25, 0.3) is 0 Å². The summed E-state index contributed by atoms with van der Waals surface area (Å²) in [6.07, 6.45) is 1.37. The number of nitrogens with one attached hydrogen (secondary N) is 1. The number of nitrogens with zero attached hydrogens (tertiary/aromatic N) is 3. The van der Waals surface area contributed by atoms with Gasteiger partial charge in [-0.3, -0.25) is 9.59 Å². The van der Waals surface area contributed by atoms with Gasteiger partial charge in [-0.05, 0) is 25.5 Å². The molecule has 1 N–H and O–H groups in total. The molecule has 0 unspecified atom stereocenters. The van der Waals surface area contributed by atoms with E-state index in [9.17, 15) is 9.59 Å². The van der Waals surface area contributed by atoms with Gasteiger partial charge in [0.15, 0.2) is 8.68 Å². The third-order valence-corrected chi connectivity index (χ3v) is 7.15. The van der Waals surface area contributed by atoms with Crippen molar-refractivity contribution >= 4 is 58.0 Å². The Balaban J connectivity index is 1.70. The molecule has 1 aromatic carbocycles. The van der Waals surface area contributed by atoms with E-state index in [2.05, 4.69) is 22.4 Å². The molecule has 0 fully saturated rings. The smallest absolute Gasteiger partial charge is 0.237 e. The van der Waals surface area contributed by atoms with E-state index < -0.39 is 0 Å². The molecule has 0 radical (unpaired) electrons. The minimum absolute atomic E-state index is 0.0376. The van der Waals surface area contributed by atoms with Gasteiger partial charge in [-0.1, -0.05) is 53.9 Å². The molecule has 1 aliphatic heterocycles. The van der Waals surface area contributed by atoms with Crippen LogP contribution in [0.2, 0.25) is 0 Å². The third kappa shape index (κ3) is 4.57. The molecule has 1 aliphatic rings. The molecule has 0 bridgehead atoms. The van der Waals surface area contributed by atoms with Crippen LogP contribution >= 0.6 is 34.9 Å². The minimum atomic E-state index is -0.197. The Morgan fingerprint density at radius 3 is 2.81 bits per heavy atom. The van der Waals surface area contributed by atoms with Gasteiger partial charge in [0.2, 0.25) is 11.8 Å². The number of amides is 2. The predicted octanol–water partition coefficient (Wildman–Crippen LogP) is 3.90. The average Bonchev–Trinajstić information content (AvgIpc) is 3.02. The van der Waals surface area contributed by atoms with Crippen LogP contribution in [0, 0.1) is 0 Å². The number of anilines is 2. The Morgan fingerprint density at radius 1 is 1.31 bits per heavy atom. The van der Waals surface area contributed by atoms with Crippen molar-refractivity contribution in [3.05, 3.63) is 24.3 Å². The number of hydrogen-bond donors (Lipinski definition) is 1. The molecule has 2 heterocycles. The molecule has 2 aromatic rings. The largest absolute Gasteiger partial charge is 0.324 e. The zero-order chi connectivity index (χ0) is 18.5. The predicted molar refractivity (Wildman–Crippen MR) is 108 cm³/mol. The summed E-state index contributed by atoms with van der Waals surface area (Å²) in [5, 5.41) is 11.2. The van der Waals surface area contributed by atoms with Crippen LogP contribution < -0.4 is 10.2 Å².